The molecule has 29 heavy (non-hydrogen) atoms. The minimum atomic E-state index is -0.205. The molecule has 1 aliphatic rings. The Morgan fingerprint density at radius 2 is 1.97 bits per heavy atom. The maximum atomic E-state index is 12.3. The van der Waals surface area contributed by atoms with Gasteiger partial charge in [0.2, 0.25) is 5.91 Å². The summed E-state index contributed by atoms with van der Waals surface area (Å²) in [5.74, 6) is 0.558. The molecule has 0 aliphatic heterocycles. The number of benzene rings is 1. The second kappa shape index (κ2) is 10.8. The molecule has 0 radical (unpaired) electrons. The lowest BCUT2D eigenvalue weighted by Crippen LogP contribution is -2.38. The first-order valence-electron chi connectivity index (χ1n) is 10.2. The fraction of sp³-hybridized carbons (Fsp3) is 0.476. The van der Waals surface area contributed by atoms with Crippen molar-refractivity contribution in [3.05, 3.63) is 35.3 Å². The molecule has 0 unspecified atom stereocenters. The van der Waals surface area contributed by atoms with Gasteiger partial charge in [-0.1, -0.05) is 31.4 Å². The van der Waals surface area contributed by atoms with Gasteiger partial charge in [-0.05, 0) is 38.3 Å². The lowest BCUT2D eigenvalue weighted by molar-refractivity contribution is -0.116. The number of para-hydroxylation sites is 2. The number of anilines is 2. The number of nitrogens with zero attached hydrogens (tertiary/aromatic N) is 1. The first kappa shape index (κ1) is 21.1. The van der Waals surface area contributed by atoms with Crippen LogP contribution in [0.5, 0.6) is 5.75 Å². The Morgan fingerprint density at radius 1 is 1.17 bits per heavy atom. The summed E-state index contributed by atoms with van der Waals surface area (Å²) in [7, 11) is 0. The van der Waals surface area contributed by atoms with Gasteiger partial charge in [0, 0.05) is 17.8 Å². The Kier molecular flexibility index (Phi) is 7.86. The molecular weight excluding hydrogens is 388 g/mol. The summed E-state index contributed by atoms with van der Waals surface area (Å²) in [5.41, 5.74) is 1.45. The standard InChI is InChI=1S/C21H28N4O3S/c1-2-28-18-11-7-6-10-17(18)24-19(26)13-12-16-14-29-21(23-16)25-20(27)22-15-8-4-3-5-9-15/h6-7,10-11,14-15H,2-5,8-9,12-13H2,1H3,(H,24,26)(H2,22,23,25,27). The summed E-state index contributed by atoms with van der Waals surface area (Å²) >= 11 is 1.37. The summed E-state index contributed by atoms with van der Waals surface area (Å²) in [6.45, 7) is 2.44. The molecular formula is C21H28N4O3S. The van der Waals surface area contributed by atoms with E-state index in [1.54, 1.807) is 0 Å². The number of urea groups is 1. The van der Waals surface area contributed by atoms with Crippen LogP contribution in [-0.4, -0.2) is 29.6 Å². The normalized spacial score (nSPS) is 14.2. The van der Waals surface area contributed by atoms with Gasteiger partial charge in [0.25, 0.3) is 0 Å². The van der Waals surface area contributed by atoms with Crippen molar-refractivity contribution in [1.29, 1.82) is 0 Å². The predicted octanol–water partition coefficient (Wildman–Crippen LogP) is 4.57. The van der Waals surface area contributed by atoms with Crippen LogP contribution in [0.1, 0.15) is 51.1 Å². The van der Waals surface area contributed by atoms with E-state index in [0.717, 1.165) is 18.5 Å². The van der Waals surface area contributed by atoms with Gasteiger partial charge in [0.05, 0.1) is 18.0 Å². The highest BCUT2D eigenvalue weighted by Gasteiger charge is 2.16. The third kappa shape index (κ3) is 6.74. The topological polar surface area (TPSA) is 92.4 Å². The predicted molar refractivity (Wildman–Crippen MR) is 116 cm³/mol. The molecule has 3 amide bonds. The number of thiazole rings is 1. The van der Waals surface area contributed by atoms with Crippen molar-refractivity contribution in [3.63, 3.8) is 0 Å². The van der Waals surface area contributed by atoms with E-state index in [1.165, 1.54) is 30.6 Å². The summed E-state index contributed by atoms with van der Waals surface area (Å²) in [6.07, 6.45) is 6.48. The minimum Gasteiger partial charge on any atom is -0.492 e. The van der Waals surface area contributed by atoms with Crippen molar-refractivity contribution >= 4 is 34.1 Å². The van der Waals surface area contributed by atoms with Crippen molar-refractivity contribution < 1.29 is 14.3 Å². The first-order chi connectivity index (χ1) is 14.1. The Morgan fingerprint density at radius 3 is 2.76 bits per heavy atom. The van der Waals surface area contributed by atoms with Crippen LogP contribution >= 0.6 is 11.3 Å². The fourth-order valence-electron chi connectivity index (χ4n) is 3.35. The average molecular weight is 417 g/mol. The Balaban J connectivity index is 1.44. The van der Waals surface area contributed by atoms with Crippen LogP contribution in [0, 0.1) is 0 Å². The number of nitrogens with one attached hydrogen (secondary N) is 3. The maximum Gasteiger partial charge on any atom is 0.321 e. The van der Waals surface area contributed by atoms with Gasteiger partial charge in [-0.2, -0.15) is 0 Å². The number of hydrogen-bond donors (Lipinski definition) is 3. The number of aryl methyl sites for hydroxylation is 1. The molecule has 0 spiro atoms. The molecule has 1 saturated carbocycles. The zero-order chi connectivity index (χ0) is 20.5. The van der Waals surface area contributed by atoms with E-state index in [1.807, 2.05) is 36.6 Å². The van der Waals surface area contributed by atoms with Crippen molar-refractivity contribution in [2.45, 2.75) is 57.9 Å². The number of amides is 3. The number of hydrogen-bond acceptors (Lipinski definition) is 5. The third-order valence-electron chi connectivity index (χ3n) is 4.78. The highest BCUT2D eigenvalue weighted by Crippen LogP contribution is 2.24. The second-order valence-electron chi connectivity index (χ2n) is 7.05. The second-order valence-corrected chi connectivity index (χ2v) is 7.91. The first-order valence-corrected chi connectivity index (χ1v) is 11.1. The smallest absolute Gasteiger partial charge is 0.321 e. The van der Waals surface area contributed by atoms with E-state index in [4.69, 9.17) is 4.74 Å². The van der Waals surface area contributed by atoms with Crippen molar-refractivity contribution in [2.24, 2.45) is 0 Å². The van der Waals surface area contributed by atoms with Crippen LogP contribution in [0.15, 0.2) is 29.6 Å². The lowest BCUT2D eigenvalue weighted by atomic mass is 9.96. The maximum absolute atomic E-state index is 12.3. The monoisotopic (exact) mass is 416 g/mol. The Labute approximate surface area is 175 Å². The average Bonchev–Trinajstić information content (AvgIpc) is 3.16. The van der Waals surface area contributed by atoms with Gasteiger partial charge in [-0.3, -0.25) is 10.1 Å². The zero-order valence-corrected chi connectivity index (χ0v) is 17.5. The van der Waals surface area contributed by atoms with E-state index >= 15 is 0 Å². The van der Waals surface area contributed by atoms with Crippen LogP contribution in [-0.2, 0) is 11.2 Å². The molecule has 1 aromatic heterocycles. The summed E-state index contributed by atoms with van der Waals surface area (Å²) < 4.78 is 5.52. The van der Waals surface area contributed by atoms with Crippen molar-refractivity contribution in [1.82, 2.24) is 10.3 Å². The van der Waals surface area contributed by atoms with E-state index < -0.39 is 0 Å². The molecule has 156 valence electrons. The van der Waals surface area contributed by atoms with Crippen LogP contribution in [0.4, 0.5) is 15.6 Å². The van der Waals surface area contributed by atoms with E-state index in [9.17, 15) is 9.59 Å². The van der Waals surface area contributed by atoms with Crippen molar-refractivity contribution in [2.75, 3.05) is 17.2 Å². The van der Waals surface area contributed by atoms with Gasteiger partial charge in [0.15, 0.2) is 5.13 Å². The molecule has 0 atom stereocenters. The lowest BCUT2D eigenvalue weighted by Gasteiger charge is -2.22. The molecule has 0 saturated heterocycles. The molecule has 3 rings (SSSR count). The molecule has 3 N–H and O–H groups in total. The Bertz CT molecular complexity index is 818. The molecule has 0 bridgehead atoms. The molecule has 2 aromatic rings. The fourth-order valence-corrected chi connectivity index (χ4v) is 4.09. The molecule has 1 aliphatic carbocycles. The SMILES string of the molecule is CCOc1ccccc1NC(=O)CCc1csc(NC(=O)NC2CCCCC2)n1. The zero-order valence-electron chi connectivity index (χ0n) is 16.7. The molecule has 1 aromatic carbocycles. The molecule has 1 fully saturated rings. The number of aromatic nitrogens is 1. The minimum absolute atomic E-state index is 0.102. The van der Waals surface area contributed by atoms with E-state index in [-0.39, 0.29) is 18.0 Å². The van der Waals surface area contributed by atoms with Gasteiger partial charge in [-0.25, -0.2) is 9.78 Å². The van der Waals surface area contributed by atoms with Gasteiger partial charge in [0.1, 0.15) is 5.75 Å². The largest absolute Gasteiger partial charge is 0.492 e. The van der Waals surface area contributed by atoms with E-state index in [0.29, 0.717) is 36.0 Å². The molecule has 7 nitrogen and oxygen atoms in total. The quantitative estimate of drug-likeness (QED) is 0.588. The summed E-state index contributed by atoms with van der Waals surface area (Å²) in [5, 5.41) is 11.1. The Hall–Kier alpha value is -2.61. The van der Waals surface area contributed by atoms with Gasteiger partial charge < -0.3 is 15.4 Å². The van der Waals surface area contributed by atoms with Gasteiger partial charge >= 0.3 is 6.03 Å². The highest BCUT2D eigenvalue weighted by molar-refractivity contribution is 7.13. The summed E-state index contributed by atoms with van der Waals surface area (Å²) in [6, 6.07) is 7.42. The number of carbonyl (C=O) groups is 2. The van der Waals surface area contributed by atoms with Crippen molar-refractivity contribution in [3.8, 4) is 5.75 Å². The van der Waals surface area contributed by atoms with Gasteiger partial charge in [-0.15, -0.1) is 11.3 Å². The van der Waals surface area contributed by atoms with Crippen LogP contribution in [0.25, 0.3) is 0 Å². The third-order valence-corrected chi connectivity index (χ3v) is 5.59. The number of carbonyl (C=O) groups excluding carboxylic acids is 2. The number of rotatable bonds is 8. The van der Waals surface area contributed by atoms with Crippen LogP contribution in [0.2, 0.25) is 0 Å². The van der Waals surface area contributed by atoms with Crippen LogP contribution < -0.4 is 20.7 Å². The highest BCUT2D eigenvalue weighted by atomic mass is 32.1. The molecule has 1 heterocycles. The molecule has 8 heteroatoms. The van der Waals surface area contributed by atoms with E-state index in [2.05, 4.69) is 20.9 Å². The van der Waals surface area contributed by atoms with Crippen LogP contribution in [0.3, 0.4) is 0 Å². The summed E-state index contributed by atoms with van der Waals surface area (Å²) in [4.78, 5) is 28.8. The number of ether oxygens (including phenoxy) is 1.